The Balaban J connectivity index is 2.12. The van der Waals surface area contributed by atoms with Gasteiger partial charge in [-0.2, -0.15) is 0 Å². The number of carboxylic acid groups (broad SMARTS) is 1. The zero-order valence-electron chi connectivity index (χ0n) is 10.3. The van der Waals surface area contributed by atoms with Crippen molar-refractivity contribution >= 4 is 23.6 Å². The molecule has 1 N–H and O–H groups in total. The fourth-order valence-corrected chi connectivity index (χ4v) is 1.52. The summed E-state index contributed by atoms with van der Waals surface area (Å²) in [5.74, 6) is -0.990. The molecule has 6 heteroatoms. The van der Waals surface area contributed by atoms with E-state index in [0.29, 0.717) is 5.69 Å². The minimum Gasteiger partial charge on any atom is -0.478 e. The van der Waals surface area contributed by atoms with Crippen LogP contribution in [0.25, 0.3) is 0 Å². The maximum absolute atomic E-state index is 10.7. The van der Waals surface area contributed by atoms with Crippen LogP contribution in [0.3, 0.4) is 0 Å². The Morgan fingerprint density at radius 2 is 1.70 bits per heavy atom. The molecule has 0 heterocycles. The van der Waals surface area contributed by atoms with Gasteiger partial charge in [0.15, 0.2) is 0 Å². The summed E-state index contributed by atoms with van der Waals surface area (Å²) >= 11 is 0. The van der Waals surface area contributed by atoms with E-state index in [2.05, 4.69) is 4.99 Å². The second kappa shape index (κ2) is 5.75. The van der Waals surface area contributed by atoms with Crippen LogP contribution in [0.5, 0.6) is 0 Å². The van der Waals surface area contributed by atoms with Crippen molar-refractivity contribution in [1.82, 2.24) is 0 Å². The van der Waals surface area contributed by atoms with Crippen molar-refractivity contribution in [2.24, 2.45) is 4.99 Å². The number of benzene rings is 2. The number of rotatable bonds is 4. The average molecular weight is 270 g/mol. The first-order valence-electron chi connectivity index (χ1n) is 5.68. The second-order valence-electron chi connectivity index (χ2n) is 3.96. The number of non-ortho nitro benzene ring substituents is 1. The summed E-state index contributed by atoms with van der Waals surface area (Å²) < 4.78 is 0. The molecule has 2 aromatic carbocycles. The van der Waals surface area contributed by atoms with E-state index in [-0.39, 0.29) is 11.3 Å². The Hall–Kier alpha value is -3.02. The zero-order valence-corrected chi connectivity index (χ0v) is 10.3. The maximum Gasteiger partial charge on any atom is 0.335 e. The highest BCUT2D eigenvalue weighted by Gasteiger charge is 2.03. The molecule has 0 radical (unpaired) electrons. The van der Waals surface area contributed by atoms with Gasteiger partial charge in [0.25, 0.3) is 5.69 Å². The van der Waals surface area contributed by atoms with Gasteiger partial charge >= 0.3 is 5.97 Å². The lowest BCUT2D eigenvalue weighted by molar-refractivity contribution is -0.384. The molecular formula is C14H10N2O4. The first-order valence-corrected chi connectivity index (χ1v) is 5.68. The second-order valence-corrected chi connectivity index (χ2v) is 3.96. The van der Waals surface area contributed by atoms with E-state index in [4.69, 9.17) is 5.11 Å². The van der Waals surface area contributed by atoms with Crippen LogP contribution in [-0.2, 0) is 0 Å². The molecule has 0 amide bonds. The van der Waals surface area contributed by atoms with Crippen LogP contribution < -0.4 is 0 Å². The number of carbonyl (C=O) groups is 1. The van der Waals surface area contributed by atoms with Crippen molar-refractivity contribution in [1.29, 1.82) is 0 Å². The minimum atomic E-state index is -0.990. The molecule has 0 saturated carbocycles. The lowest BCUT2D eigenvalue weighted by Gasteiger charge is -1.96. The molecule has 2 rings (SSSR count). The van der Waals surface area contributed by atoms with Crippen LogP contribution in [0.1, 0.15) is 15.9 Å². The molecule has 20 heavy (non-hydrogen) atoms. The first-order chi connectivity index (χ1) is 9.56. The third-order valence-electron chi connectivity index (χ3n) is 2.58. The van der Waals surface area contributed by atoms with Crippen LogP contribution in [-0.4, -0.2) is 22.2 Å². The first kappa shape index (κ1) is 13.4. The smallest absolute Gasteiger partial charge is 0.335 e. The van der Waals surface area contributed by atoms with Crippen molar-refractivity contribution in [3.05, 3.63) is 69.8 Å². The highest BCUT2D eigenvalue weighted by atomic mass is 16.6. The molecule has 0 fully saturated rings. The number of carboxylic acids is 1. The van der Waals surface area contributed by atoms with Gasteiger partial charge < -0.3 is 5.11 Å². The molecule has 6 nitrogen and oxygen atoms in total. The van der Waals surface area contributed by atoms with E-state index < -0.39 is 10.9 Å². The Morgan fingerprint density at radius 1 is 1.10 bits per heavy atom. The van der Waals surface area contributed by atoms with Crippen molar-refractivity contribution < 1.29 is 14.8 Å². The molecule has 0 atom stereocenters. The maximum atomic E-state index is 10.7. The SMILES string of the molecule is O=C(O)c1ccc(N=Cc2ccc([N+](=O)[O-])cc2)cc1. The van der Waals surface area contributed by atoms with E-state index in [1.165, 1.54) is 24.3 Å². The van der Waals surface area contributed by atoms with Gasteiger partial charge in [-0.15, -0.1) is 0 Å². The van der Waals surface area contributed by atoms with Gasteiger partial charge in [-0.1, -0.05) is 0 Å². The van der Waals surface area contributed by atoms with Gasteiger partial charge in [0.1, 0.15) is 0 Å². The van der Waals surface area contributed by atoms with E-state index in [1.807, 2.05) is 0 Å². The van der Waals surface area contributed by atoms with Crippen LogP contribution in [0.2, 0.25) is 0 Å². The standard InChI is InChI=1S/C14H10N2O4/c17-14(18)11-3-5-12(6-4-11)15-9-10-1-7-13(8-2-10)16(19)20/h1-9H,(H,17,18). The number of hydrogen-bond donors (Lipinski definition) is 1. The molecule has 0 aliphatic heterocycles. The molecule has 0 aromatic heterocycles. The summed E-state index contributed by atoms with van der Waals surface area (Å²) in [5, 5.41) is 19.3. The van der Waals surface area contributed by atoms with E-state index in [9.17, 15) is 14.9 Å². The summed E-state index contributed by atoms with van der Waals surface area (Å²) in [7, 11) is 0. The number of aromatic carboxylic acids is 1. The summed E-state index contributed by atoms with van der Waals surface area (Å²) in [6.07, 6.45) is 1.56. The van der Waals surface area contributed by atoms with Crippen LogP contribution in [0, 0.1) is 10.1 Å². The van der Waals surface area contributed by atoms with Crippen LogP contribution in [0.4, 0.5) is 11.4 Å². The largest absolute Gasteiger partial charge is 0.478 e. The van der Waals surface area contributed by atoms with Gasteiger partial charge in [0.2, 0.25) is 0 Å². The summed E-state index contributed by atoms with van der Waals surface area (Å²) in [6, 6.07) is 12.1. The molecule has 0 aliphatic carbocycles. The molecular weight excluding hydrogens is 260 g/mol. The summed E-state index contributed by atoms with van der Waals surface area (Å²) in [6.45, 7) is 0. The minimum absolute atomic E-state index is 0.0213. The number of hydrogen-bond acceptors (Lipinski definition) is 4. The molecule has 0 bridgehead atoms. The predicted octanol–water partition coefficient (Wildman–Crippen LogP) is 3.04. The van der Waals surface area contributed by atoms with Crippen molar-refractivity contribution in [3.8, 4) is 0 Å². The number of nitro groups is 1. The highest BCUT2D eigenvalue weighted by Crippen LogP contribution is 2.14. The van der Waals surface area contributed by atoms with Crippen LogP contribution in [0.15, 0.2) is 53.5 Å². The van der Waals surface area contributed by atoms with E-state index in [1.54, 1.807) is 30.5 Å². The normalized spacial score (nSPS) is 10.6. The fourth-order valence-electron chi connectivity index (χ4n) is 1.52. The molecule has 0 spiro atoms. The Labute approximate surface area is 114 Å². The van der Waals surface area contributed by atoms with Gasteiger partial charge in [0, 0.05) is 18.3 Å². The molecule has 0 saturated heterocycles. The summed E-state index contributed by atoms with van der Waals surface area (Å²) in [4.78, 5) is 24.9. The lowest BCUT2D eigenvalue weighted by Crippen LogP contribution is -1.94. The highest BCUT2D eigenvalue weighted by molar-refractivity contribution is 5.88. The van der Waals surface area contributed by atoms with Gasteiger partial charge in [-0.3, -0.25) is 15.1 Å². The Kier molecular flexibility index (Phi) is 3.85. The van der Waals surface area contributed by atoms with Gasteiger partial charge in [-0.05, 0) is 42.0 Å². The number of nitrogens with zero attached hydrogens (tertiary/aromatic N) is 2. The Bertz CT molecular complexity index is 601. The fraction of sp³-hybridized carbons (Fsp3) is 0. The molecule has 0 aliphatic rings. The van der Waals surface area contributed by atoms with Crippen molar-refractivity contribution in [3.63, 3.8) is 0 Å². The third-order valence-corrected chi connectivity index (χ3v) is 2.58. The molecule has 0 unspecified atom stereocenters. The molecule has 100 valence electrons. The van der Waals surface area contributed by atoms with E-state index in [0.717, 1.165) is 5.56 Å². The monoisotopic (exact) mass is 270 g/mol. The number of nitro benzene ring substituents is 1. The Morgan fingerprint density at radius 3 is 2.20 bits per heavy atom. The summed E-state index contributed by atoms with van der Waals surface area (Å²) in [5.41, 5.74) is 1.54. The zero-order chi connectivity index (χ0) is 14.5. The number of aliphatic imine (C=N–C) groups is 1. The van der Waals surface area contributed by atoms with E-state index >= 15 is 0 Å². The third kappa shape index (κ3) is 3.26. The van der Waals surface area contributed by atoms with Crippen molar-refractivity contribution in [2.75, 3.05) is 0 Å². The van der Waals surface area contributed by atoms with Gasteiger partial charge in [-0.25, -0.2) is 4.79 Å². The average Bonchev–Trinajstić information content (AvgIpc) is 2.46. The predicted molar refractivity (Wildman–Crippen MR) is 73.8 cm³/mol. The molecule has 2 aromatic rings. The topological polar surface area (TPSA) is 92.8 Å². The quantitative estimate of drug-likeness (QED) is 0.525. The lowest BCUT2D eigenvalue weighted by atomic mass is 10.2. The van der Waals surface area contributed by atoms with Crippen LogP contribution >= 0.6 is 0 Å². The van der Waals surface area contributed by atoms with Gasteiger partial charge in [0.05, 0.1) is 16.2 Å². The van der Waals surface area contributed by atoms with Crippen molar-refractivity contribution in [2.45, 2.75) is 0 Å².